The Hall–Kier alpha value is -1.52. The molecule has 100 valence electrons. The number of nitrogens with zero attached hydrogens (tertiary/aromatic N) is 3. The highest BCUT2D eigenvalue weighted by atomic mass is 15.1. The molecule has 1 aromatic heterocycles. The summed E-state index contributed by atoms with van der Waals surface area (Å²) in [4.78, 5) is 8.57. The van der Waals surface area contributed by atoms with Gasteiger partial charge in [-0.3, -0.25) is 0 Å². The van der Waals surface area contributed by atoms with Crippen molar-refractivity contribution >= 4 is 5.96 Å². The molecule has 0 aromatic carbocycles. The number of aryl methyl sites for hydroxylation is 1. The Kier molecular flexibility index (Phi) is 4.61. The van der Waals surface area contributed by atoms with Crippen LogP contribution in [0.4, 0.5) is 0 Å². The molecule has 1 aliphatic rings. The molecule has 0 atom stereocenters. The molecule has 0 bridgehead atoms. The fraction of sp³-hybridized carbons (Fsp3) is 0.692. The van der Waals surface area contributed by atoms with E-state index in [1.54, 1.807) is 6.20 Å². The van der Waals surface area contributed by atoms with Crippen LogP contribution >= 0.6 is 0 Å². The fourth-order valence-corrected chi connectivity index (χ4v) is 2.38. The van der Waals surface area contributed by atoms with Gasteiger partial charge in [-0.05, 0) is 12.8 Å². The van der Waals surface area contributed by atoms with Gasteiger partial charge in [-0.2, -0.15) is 0 Å². The van der Waals surface area contributed by atoms with E-state index in [2.05, 4.69) is 15.3 Å². The maximum atomic E-state index is 5.92. The third-order valence-corrected chi connectivity index (χ3v) is 3.52. The zero-order chi connectivity index (χ0) is 12.8. The Morgan fingerprint density at radius 2 is 2.17 bits per heavy atom. The third-order valence-electron chi connectivity index (χ3n) is 3.52. The van der Waals surface area contributed by atoms with Crippen LogP contribution in [-0.2, 0) is 13.6 Å². The smallest absolute Gasteiger partial charge is 0.189 e. The first-order valence-corrected chi connectivity index (χ1v) is 6.78. The number of hydrogen-bond donors (Lipinski definition) is 2. The minimum atomic E-state index is 0.498. The molecule has 1 saturated carbocycles. The summed E-state index contributed by atoms with van der Waals surface area (Å²) in [6.45, 7) is 0.537. The molecule has 3 N–H and O–H groups in total. The van der Waals surface area contributed by atoms with Crippen molar-refractivity contribution in [2.75, 3.05) is 0 Å². The van der Waals surface area contributed by atoms with E-state index < -0.39 is 0 Å². The lowest BCUT2D eigenvalue weighted by molar-refractivity contribution is 0.530. The van der Waals surface area contributed by atoms with Crippen molar-refractivity contribution < 1.29 is 0 Å². The molecule has 1 aliphatic carbocycles. The van der Waals surface area contributed by atoms with Crippen LogP contribution in [0.3, 0.4) is 0 Å². The molecule has 5 heteroatoms. The van der Waals surface area contributed by atoms with E-state index in [4.69, 9.17) is 5.73 Å². The van der Waals surface area contributed by atoms with Crippen molar-refractivity contribution in [1.82, 2.24) is 14.9 Å². The van der Waals surface area contributed by atoms with Gasteiger partial charge < -0.3 is 15.6 Å². The van der Waals surface area contributed by atoms with E-state index in [0.29, 0.717) is 18.5 Å². The first-order chi connectivity index (χ1) is 8.75. The van der Waals surface area contributed by atoms with Crippen LogP contribution < -0.4 is 11.1 Å². The maximum absolute atomic E-state index is 5.92. The molecule has 0 amide bonds. The van der Waals surface area contributed by atoms with Gasteiger partial charge in [0.05, 0.1) is 0 Å². The Morgan fingerprint density at radius 1 is 1.44 bits per heavy atom. The number of aliphatic imine (C=N–C) groups is 1. The molecular formula is C13H23N5. The van der Waals surface area contributed by atoms with Crippen LogP contribution in [-0.4, -0.2) is 21.6 Å². The summed E-state index contributed by atoms with van der Waals surface area (Å²) in [6.07, 6.45) is 11.4. The summed E-state index contributed by atoms with van der Waals surface area (Å²) >= 11 is 0. The molecule has 0 saturated heterocycles. The van der Waals surface area contributed by atoms with Crippen molar-refractivity contribution in [3.05, 3.63) is 18.2 Å². The van der Waals surface area contributed by atoms with E-state index in [9.17, 15) is 0 Å². The quantitative estimate of drug-likeness (QED) is 0.485. The predicted molar refractivity (Wildman–Crippen MR) is 73.2 cm³/mol. The number of rotatable bonds is 3. The van der Waals surface area contributed by atoms with E-state index in [0.717, 1.165) is 5.82 Å². The van der Waals surface area contributed by atoms with Gasteiger partial charge in [0, 0.05) is 25.5 Å². The summed E-state index contributed by atoms with van der Waals surface area (Å²) in [5.74, 6) is 1.48. The number of nitrogens with two attached hydrogens (primary N) is 1. The molecule has 0 aliphatic heterocycles. The fourth-order valence-electron chi connectivity index (χ4n) is 2.38. The van der Waals surface area contributed by atoms with E-state index in [1.165, 1.54) is 38.5 Å². The Balaban J connectivity index is 1.83. The van der Waals surface area contributed by atoms with Crippen molar-refractivity contribution in [2.45, 2.75) is 51.1 Å². The van der Waals surface area contributed by atoms with E-state index in [-0.39, 0.29) is 0 Å². The van der Waals surface area contributed by atoms with Crippen molar-refractivity contribution in [3.8, 4) is 0 Å². The summed E-state index contributed by atoms with van der Waals surface area (Å²) in [6, 6.07) is 0.498. The molecule has 0 radical (unpaired) electrons. The molecular weight excluding hydrogens is 226 g/mol. The lowest BCUT2D eigenvalue weighted by Crippen LogP contribution is -2.39. The van der Waals surface area contributed by atoms with Crippen molar-refractivity contribution in [1.29, 1.82) is 0 Å². The van der Waals surface area contributed by atoms with Crippen LogP contribution in [0, 0.1) is 0 Å². The maximum Gasteiger partial charge on any atom is 0.189 e. The lowest BCUT2D eigenvalue weighted by atomic mass is 10.1. The van der Waals surface area contributed by atoms with Gasteiger partial charge in [-0.15, -0.1) is 0 Å². The highest BCUT2D eigenvalue weighted by molar-refractivity contribution is 5.78. The average Bonchev–Trinajstić information content (AvgIpc) is 2.61. The molecule has 1 heterocycles. The van der Waals surface area contributed by atoms with Crippen molar-refractivity contribution in [2.24, 2.45) is 17.8 Å². The zero-order valence-electron chi connectivity index (χ0n) is 11.1. The monoisotopic (exact) mass is 249 g/mol. The normalized spacial score (nSPS) is 18.6. The standard InChI is InChI=1S/C13H23N5/c1-18-9-8-15-12(18)10-16-13(14)17-11-6-4-2-3-5-7-11/h8-9,11H,2-7,10H2,1H3,(H3,14,16,17). The van der Waals surface area contributed by atoms with Gasteiger partial charge >= 0.3 is 0 Å². The van der Waals surface area contributed by atoms with Gasteiger partial charge in [-0.1, -0.05) is 25.7 Å². The Morgan fingerprint density at radius 3 is 2.78 bits per heavy atom. The first kappa shape index (κ1) is 12.9. The SMILES string of the molecule is Cn1ccnc1CN=C(N)NC1CCCCCC1. The average molecular weight is 249 g/mol. The van der Waals surface area contributed by atoms with Gasteiger partial charge in [-0.25, -0.2) is 9.98 Å². The zero-order valence-corrected chi connectivity index (χ0v) is 11.1. The number of guanidine groups is 1. The molecule has 18 heavy (non-hydrogen) atoms. The number of nitrogens with one attached hydrogen (secondary N) is 1. The number of imidazole rings is 1. The van der Waals surface area contributed by atoms with E-state index in [1.807, 2.05) is 17.8 Å². The van der Waals surface area contributed by atoms with Crippen LogP contribution in [0.2, 0.25) is 0 Å². The largest absolute Gasteiger partial charge is 0.370 e. The molecule has 0 unspecified atom stereocenters. The van der Waals surface area contributed by atoms with Gasteiger partial charge in [0.15, 0.2) is 5.96 Å². The van der Waals surface area contributed by atoms with Crippen LogP contribution in [0.1, 0.15) is 44.3 Å². The Bertz CT molecular complexity index is 388. The summed E-state index contributed by atoms with van der Waals surface area (Å²) in [7, 11) is 1.97. The lowest BCUT2D eigenvalue weighted by Gasteiger charge is -2.16. The summed E-state index contributed by atoms with van der Waals surface area (Å²) in [5.41, 5.74) is 5.92. The van der Waals surface area contributed by atoms with Gasteiger partial charge in [0.25, 0.3) is 0 Å². The highest BCUT2D eigenvalue weighted by Gasteiger charge is 2.12. The molecule has 2 rings (SSSR count). The van der Waals surface area contributed by atoms with Crippen molar-refractivity contribution in [3.63, 3.8) is 0 Å². The molecule has 0 spiro atoms. The third kappa shape index (κ3) is 3.75. The van der Waals surface area contributed by atoms with E-state index >= 15 is 0 Å². The molecule has 5 nitrogen and oxygen atoms in total. The second-order valence-corrected chi connectivity index (χ2v) is 4.99. The van der Waals surface area contributed by atoms with Crippen LogP contribution in [0.15, 0.2) is 17.4 Å². The number of hydrogen-bond acceptors (Lipinski definition) is 2. The first-order valence-electron chi connectivity index (χ1n) is 6.78. The second kappa shape index (κ2) is 6.42. The minimum Gasteiger partial charge on any atom is -0.370 e. The number of aromatic nitrogens is 2. The Labute approximate surface area is 108 Å². The second-order valence-electron chi connectivity index (χ2n) is 4.99. The van der Waals surface area contributed by atoms with Gasteiger partial charge in [0.1, 0.15) is 12.4 Å². The summed E-state index contributed by atoms with van der Waals surface area (Å²) < 4.78 is 1.96. The van der Waals surface area contributed by atoms with Crippen LogP contribution in [0.5, 0.6) is 0 Å². The highest BCUT2D eigenvalue weighted by Crippen LogP contribution is 2.16. The predicted octanol–water partition coefficient (Wildman–Crippen LogP) is 1.55. The van der Waals surface area contributed by atoms with Gasteiger partial charge in [0.2, 0.25) is 0 Å². The summed E-state index contributed by atoms with van der Waals surface area (Å²) in [5, 5.41) is 3.33. The topological polar surface area (TPSA) is 68.2 Å². The molecule has 1 aromatic rings. The molecule has 1 fully saturated rings. The minimum absolute atomic E-state index is 0.498. The van der Waals surface area contributed by atoms with Crippen LogP contribution in [0.25, 0.3) is 0 Å².